The van der Waals surface area contributed by atoms with E-state index in [0.29, 0.717) is 12.1 Å². The number of piperazine rings is 1. The molecule has 1 fully saturated rings. The van der Waals surface area contributed by atoms with E-state index in [4.69, 9.17) is 0 Å². The van der Waals surface area contributed by atoms with Crippen molar-refractivity contribution in [2.45, 2.75) is 32.5 Å². The Hall–Kier alpha value is -1.17. The van der Waals surface area contributed by atoms with Gasteiger partial charge in [-0.1, -0.05) is 0 Å². The molecule has 3 heterocycles. The monoisotopic (exact) mass is 276 g/mol. The van der Waals surface area contributed by atoms with Crippen LogP contribution in [0.5, 0.6) is 0 Å². The minimum absolute atomic E-state index is 0.587. The van der Waals surface area contributed by atoms with Crippen molar-refractivity contribution >= 4 is 11.3 Å². The zero-order valence-electron chi connectivity index (χ0n) is 11.4. The molecule has 2 atom stereocenters. The molecule has 0 bridgehead atoms. The lowest BCUT2D eigenvalue weighted by molar-refractivity contribution is 0.140. The van der Waals surface area contributed by atoms with Crippen LogP contribution < -0.4 is 5.32 Å². The molecule has 2 aromatic rings. The van der Waals surface area contributed by atoms with E-state index in [0.717, 1.165) is 19.6 Å². The first-order valence-corrected chi connectivity index (χ1v) is 7.63. The molecule has 1 aliphatic heterocycles. The molecule has 0 spiro atoms. The van der Waals surface area contributed by atoms with Crippen molar-refractivity contribution in [3.8, 4) is 5.69 Å². The van der Waals surface area contributed by atoms with Gasteiger partial charge in [0.2, 0.25) is 0 Å². The van der Waals surface area contributed by atoms with E-state index in [9.17, 15) is 0 Å². The summed E-state index contributed by atoms with van der Waals surface area (Å²) in [5, 5.41) is 5.73. The molecule has 2 aromatic heterocycles. The first-order valence-electron chi connectivity index (χ1n) is 6.75. The standard InChI is InChI=1S/C14H20N4S/c1-11-7-18(12(2)6-16-11)8-14-5-13(9-19-14)17-4-3-15-10-17/h3-5,9-12,16H,6-8H2,1-2H3. The predicted octanol–water partition coefficient (Wildman–Crippen LogP) is 2.12. The molecule has 1 saturated heterocycles. The van der Waals surface area contributed by atoms with Gasteiger partial charge in [-0.05, 0) is 19.9 Å². The van der Waals surface area contributed by atoms with E-state index < -0.39 is 0 Å². The molecule has 0 aliphatic carbocycles. The van der Waals surface area contributed by atoms with E-state index >= 15 is 0 Å². The maximum Gasteiger partial charge on any atom is 0.0991 e. The summed E-state index contributed by atoms with van der Waals surface area (Å²) in [6, 6.07) is 3.46. The lowest BCUT2D eigenvalue weighted by Crippen LogP contribution is -2.53. The molecular formula is C14H20N4S. The number of hydrogen-bond acceptors (Lipinski definition) is 4. The summed E-state index contributed by atoms with van der Waals surface area (Å²) in [6.07, 6.45) is 5.65. The second-order valence-corrected chi connectivity index (χ2v) is 6.32. The van der Waals surface area contributed by atoms with Crippen LogP contribution >= 0.6 is 11.3 Å². The molecule has 1 aliphatic rings. The fourth-order valence-corrected chi connectivity index (χ4v) is 3.41. The van der Waals surface area contributed by atoms with E-state index in [2.05, 4.69) is 45.1 Å². The zero-order valence-corrected chi connectivity index (χ0v) is 12.2. The lowest BCUT2D eigenvalue weighted by atomic mass is 10.1. The molecule has 1 N–H and O–H groups in total. The fourth-order valence-electron chi connectivity index (χ4n) is 2.52. The summed E-state index contributed by atoms with van der Waals surface area (Å²) in [7, 11) is 0. The summed E-state index contributed by atoms with van der Waals surface area (Å²) in [6.45, 7) is 7.81. The molecule has 102 valence electrons. The van der Waals surface area contributed by atoms with Crippen LogP contribution in [-0.4, -0.2) is 39.6 Å². The highest BCUT2D eigenvalue weighted by Gasteiger charge is 2.22. The number of rotatable bonds is 3. The summed E-state index contributed by atoms with van der Waals surface area (Å²) >= 11 is 1.83. The summed E-state index contributed by atoms with van der Waals surface area (Å²) in [5.74, 6) is 0. The molecule has 4 nitrogen and oxygen atoms in total. The summed E-state index contributed by atoms with van der Waals surface area (Å²) in [4.78, 5) is 8.08. The SMILES string of the molecule is CC1CN(Cc2cc(-n3ccnc3)cs2)C(C)CN1. The molecule has 5 heteroatoms. The molecule has 0 amide bonds. The Bertz CT molecular complexity index is 519. The van der Waals surface area contributed by atoms with Gasteiger partial charge in [0, 0.05) is 54.4 Å². The van der Waals surface area contributed by atoms with Crippen LogP contribution in [0.15, 0.2) is 30.2 Å². The van der Waals surface area contributed by atoms with Crippen molar-refractivity contribution in [2.75, 3.05) is 13.1 Å². The first-order chi connectivity index (χ1) is 9.22. The van der Waals surface area contributed by atoms with Gasteiger partial charge in [0.05, 0.1) is 12.0 Å². The van der Waals surface area contributed by atoms with Crippen LogP contribution in [0, 0.1) is 0 Å². The molecule has 0 saturated carbocycles. The van der Waals surface area contributed by atoms with Gasteiger partial charge < -0.3 is 9.88 Å². The number of thiophene rings is 1. The van der Waals surface area contributed by atoms with Crippen LogP contribution in [0.2, 0.25) is 0 Å². The predicted molar refractivity (Wildman–Crippen MR) is 78.8 cm³/mol. The third kappa shape index (κ3) is 2.88. The third-order valence-corrected chi connectivity index (χ3v) is 4.60. The molecule has 2 unspecified atom stereocenters. The van der Waals surface area contributed by atoms with Crippen LogP contribution in [0.1, 0.15) is 18.7 Å². The van der Waals surface area contributed by atoms with Crippen molar-refractivity contribution in [3.63, 3.8) is 0 Å². The maximum atomic E-state index is 4.09. The second kappa shape index (κ2) is 5.45. The average Bonchev–Trinajstić information content (AvgIpc) is 3.04. The van der Waals surface area contributed by atoms with Gasteiger partial charge in [0.1, 0.15) is 0 Å². The van der Waals surface area contributed by atoms with E-state index in [1.165, 1.54) is 10.6 Å². The Balaban J connectivity index is 1.70. The van der Waals surface area contributed by atoms with E-state index in [1.807, 2.05) is 30.1 Å². The molecular weight excluding hydrogens is 256 g/mol. The number of nitrogens with zero attached hydrogens (tertiary/aromatic N) is 3. The summed E-state index contributed by atoms with van der Waals surface area (Å²) < 4.78 is 2.06. The Morgan fingerprint density at radius 3 is 3.16 bits per heavy atom. The van der Waals surface area contributed by atoms with Crippen LogP contribution in [-0.2, 0) is 6.54 Å². The number of aromatic nitrogens is 2. The summed E-state index contributed by atoms with van der Waals surface area (Å²) in [5.41, 5.74) is 1.22. The minimum Gasteiger partial charge on any atom is -0.311 e. The number of imidazole rings is 1. The number of nitrogens with one attached hydrogen (secondary N) is 1. The quantitative estimate of drug-likeness (QED) is 0.932. The van der Waals surface area contributed by atoms with Gasteiger partial charge in [-0.3, -0.25) is 4.90 Å². The fraction of sp³-hybridized carbons (Fsp3) is 0.500. The third-order valence-electron chi connectivity index (χ3n) is 3.69. The van der Waals surface area contributed by atoms with Crippen molar-refractivity contribution in [2.24, 2.45) is 0 Å². The highest BCUT2D eigenvalue weighted by Crippen LogP contribution is 2.21. The minimum atomic E-state index is 0.587. The lowest BCUT2D eigenvalue weighted by Gasteiger charge is -2.37. The topological polar surface area (TPSA) is 33.1 Å². The van der Waals surface area contributed by atoms with Gasteiger partial charge in [-0.25, -0.2) is 4.98 Å². The van der Waals surface area contributed by atoms with Crippen LogP contribution in [0.3, 0.4) is 0 Å². The zero-order chi connectivity index (χ0) is 13.2. The van der Waals surface area contributed by atoms with Gasteiger partial charge in [-0.2, -0.15) is 0 Å². The van der Waals surface area contributed by atoms with Gasteiger partial charge in [0.15, 0.2) is 0 Å². The smallest absolute Gasteiger partial charge is 0.0991 e. The van der Waals surface area contributed by atoms with E-state index in [-0.39, 0.29) is 0 Å². The Labute approximate surface area is 118 Å². The molecule has 0 aromatic carbocycles. The van der Waals surface area contributed by atoms with E-state index in [1.54, 1.807) is 0 Å². The van der Waals surface area contributed by atoms with Crippen molar-refractivity contribution < 1.29 is 0 Å². The number of hydrogen-bond donors (Lipinski definition) is 1. The first kappa shape index (κ1) is 12.8. The van der Waals surface area contributed by atoms with Gasteiger partial charge in [-0.15, -0.1) is 11.3 Å². The Kier molecular flexibility index (Phi) is 3.68. The van der Waals surface area contributed by atoms with Crippen molar-refractivity contribution in [1.29, 1.82) is 0 Å². The Morgan fingerprint density at radius 1 is 1.47 bits per heavy atom. The molecule has 3 rings (SSSR count). The highest BCUT2D eigenvalue weighted by molar-refractivity contribution is 7.10. The maximum absolute atomic E-state index is 4.09. The largest absolute Gasteiger partial charge is 0.311 e. The van der Waals surface area contributed by atoms with Crippen LogP contribution in [0.4, 0.5) is 0 Å². The molecule has 19 heavy (non-hydrogen) atoms. The van der Waals surface area contributed by atoms with Crippen LogP contribution in [0.25, 0.3) is 5.69 Å². The normalized spacial score (nSPS) is 24.7. The highest BCUT2D eigenvalue weighted by atomic mass is 32.1. The van der Waals surface area contributed by atoms with Gasteiger partial charge in [0.25, 0.3) is 0 Å². The van der Waals surface area contributed by atoms with Gasteiger partial charge >= 0.3 is 0 Å². The molecule has 0 radical (unpaired) electrons. The Morgan fingerprint density at radius 2 is 2.37 bits per heavy atom. The van der Waals surface area contributed by atoms with Crippen molar-refractivity contribution in [1.82, 2.24) is 19.8 Å². The van der Waals surface area contributed by atoms with Crippen molar-refractivity contribution in [3.05, 3.63) is 35.0 Å². The second-order valence-electron chi connectivity index (χ2n) is 5.33. The average molecular weight is 276 g/mol.